The Kier molecular flexibility index (Phi) is 6.86. The molecule has 0 amide bonds. The molecule has 0 saturated carbocycles. The predicted molar refractivity (Wildman–Crippen MR) is 128 cm³/mol. The monoisotopic (exact) mass is 467 g/mol. The van der Waals surface area contributed by atoms with E-state index >= 15 is 0 Å². The molecule has 2 aromatic carbocycles. The largest absolute Gasteiger partial charge is 0.497 e. The lowest BCUT2D eigenvalue weighted by Gasteiger charge is -2.14. The summed E-state index contributed by atoms with van der Waals surface area (Å²) in [6.45, 7) is 0.766. The minimum absolute atomic E-state index is 0.184. The van der Waals surface area contributed by atoms with Gasteiger partial charge in [0.1, 0.15) is 34.0 Å². The van der Waals surface area contributed by atoms with E-state index in [1.807, 2.05) is 24.3 Å². The zero-order chi connectivity index (χ0) is 24.1. The molecule has 2 aromatic heterocycles. The van der Waals surface area contributed by atoms with Gasteiger partial charge in [-0.25, -0.2) is 9.37 Å². The summed E-state index contributed by atoms with van der Waals surface area (Å²) in [5, 5.41) is 6.41. The summed E-state index contributed by atoms with van der Waals surface area (Å²) in [5.41, 5.74) is 2.42. The van der Waals surface area contributed by atoms with Crippen LogP contribution in [0.1, 0.15) is 11.1 Å². The number of aromatic amines is 1. The van der Waals surface area contributed by atoms with E-state index in [4.69, 9.17) is 18.9 Å². The molecule has 0 aliphatic rings. The fourth-order valence-electron chi connectivity index (χ4n) is 3.53. The van der Waals surface area contributed by atoms with Crippen LogP contribution in [0, 0.1) is 5.82 Å². The van der Waals surface area contributed by atoms with E-state index in [9.17, 15) is 4.39 Å². The van der Waals surface area contributed by atoms with Crippen LogP contribution in [0.5, 0.6) is 23.0 Å². The number of H-pyrrole nitrogens is 1. The molecule has 4 aromatic rings. The van der Waals surface area contributed by atoms with E-state index < -0.39 is 5.82 Å². The minimum Gasteiger partial charge on any atom is -0.497 e. The Labute approximate surface area is 196 Å². The number of ether oxygens (including phenoxy) is 4. The van der Waals surface area contributed by atoms with E-state index in [2.05, 4.69) is 25.6 Å². The summed E-state index contributed by atoms with van der Waals surface area (Å²) in [5.74, 6) is 2.96. The molecule has 0 bridgehead atoms. The molecule has 0 aliphatic carbocycles. The number of hydrogen-bond acceptors (Lipinski definition) is 8. The molecule has 0 saturated heterocycles. The SMILES string of the molecule is COc1ccc(CNc2nc(NCc3ccc(OC)cc3OC)c3[nH]cc(F)c3n2)c(OC)c1. The molecular formula is C24H26FN5O4. The van der Waals surface area contributed by atoms with Crippen molar-refractivity contribution in [1.82, 2.24) is 15.0 Å². The van der Waals surface area contributed by atoms with Crippen molar-refractivity contribution in [3.05, 3.63) is 59.5 Å². The van der Waals surface area contributed by atoms with Crippen molar-refractivity contribution in [2.24, 2.45) is 0 Å². The quantitative estimate of drug-likeness (QED) is 0.316. The van der Waals surface area contributed by atoms with Crippen molar-refractivity contribution in [3.8, 4) is 23.0 Å². The van der Waals surface area contributed by atoms with Crippen molar-refractivity contribution in [2.45, 2.75) is 13.1 Å². The van der Waals surface area contributed by atoms with Gasteiger partial charge in [0.15, 0.2) is 11.6 Å². The summed E-state index contributed by atoms with van der Waals surface area (Å²) < 4.78 is 35.8. The number of fused-ring (bicyclic) bond motifs is 1. The number of anilines is 2. The Morgan fingerprint density at radius 1 is 0.794 bits per heavy atom. The fourth-order valence-corrected chi connectivity index (χ4v) is 3.53. The van der Waals surface area contributed by atoms with Gasteiger partial charge in [-0.2, -0.15) is 4.98 Å². The molecule has 0 spiro atoms. The molecule has 9 nitrogen and oxygen atoms in total. The molecule has 0 unspecified atom stereocenters. The number of aromatic nitrogens is 3. The first-order valence-electron chi connectivity index (χ1n) is 10.5. The smallest absolute Gasteiger partial charge is 0.225 e. The van der Waals surface area contributed by atoms with Crippen LogP contribution in [0.2, 0.25) is 0 Å². The summed E-state index contributed by atoms with van der Waals surface area (Å²) >= 11 is 0. The van der Waals surface area contributed by atoms with Crippen LogP contribution in [0.25, 0.3) is 11.0 Å². The molecule has 4 rings (SSSR count). The third kappa shape index (κ3) is 4.75. The van der Waals surface area contributed by atoms with Crippen LogP contribution >= 0.6 is 0 Å². The van der Waals surface area contributed by atoms with Gasteiger partial charge >= 0.3 is 0 Å². The predicted octanol–water partition coefficient (Wildman–Crippen LogP) is 4.36. The Balaban J connectivity index is 1.58. The molecule has 3 N–H and O–H groups in total. The van der Waals surface area contributed by atoms with Crippen LogP contribution in [-0.4, -0.2) is 43.4 Å². The molecule has 34 heavy (non-hydrogen) atoms. The van der Waals surface area contributed by atoms with E-state index in [1.54, 1.807) is 40.6 Å². The second-order valence-corrected chi connectivity index (χ2v) is 7.32. The highest BCUT2D eigenvalue weighted by molar-refractivity contribution is 5.87. The van der Waals surface area contributed by atoms with Crippen molar-refractivity contribution >= 4 is 22.8 Å². The zero-order valence-electron chi connectivity index (χ0n) is 19.4. The van der Waals surface area contributed by atoms with Gasteiger partial charge in [-0.3, -0.25) is 0 Å². The summed E-state index contributed by atoms with van der Waals surface area (Å²) in [6, 6.07) is 11.1. The van der Waals surface area contributed by atoms with Gasteiger partial charge in [-0.1, -0.05) is 0 Å². The number of nitrogens with one attached hydrogen (secondary N) is 3. The van der Waals surface area contributed by atoms with Crippen molar-refractivity contribution in [1.29, 1.82) is 0 Å². The summed E-state index contributed by atoms with van der Waals surface area (Å²) in [7, 11) is 6.37. The number of hydrogen-bond donors (Lipinski definition) is 3. The van der Waals surface area contributed by atoms with Crippen molar-refractivity contribution < 1.29 is 23.3 Å². The molecular weight excluding hydrogens is 441 g/mol. The van der Waals surface area contributed by atoms with Gasteiger partial charge in [-0.05, 0) is 24.3 Å². The Morgan fingerprint density at radius 2 is 1.38 bits per heavy atom. The maximum Gasteiger partial charge on any atom is 0.225 e. The van der Waals surface area contributed by atoms with Crippen LogP contribution < -0.4 is 29.6 Å². The first-order valence-corrected chi connectivity index (χ1v) is 10.5. The number of nitrogens with zero attached hydrogens (tertiary/aromatic N) is 2. The maximum absolute atomic E-state index is 14.4. The number of halogens is 1. The van der Waals surface area contributed by atoms with E-state index in [-0.39, 0.29) is 11.5 Å². The van der Waals surface area contributed by atoms with Gasteiger partial charge < -0.3 is 34.6 Å². The molecule has 10 heteroatoms. The minimum atomic E-state index is -0.465. The third-order valence-corrected chi connectivity index (χ3v) is 5.35. The summed E-state index contributed by atoms with van der Waals surface area (Å²) in [4.78, 5) is 11.8. The average molecular weight is 468 g/mol. The van der Waals surface area contributed by atoms with Gasteiger partial charge in [0.25, 0.3) is 0 Å². The van der Waals surface area contributed by atoms with Gasteiger partial charge in [-0.15, -0.1) is 0 Å². The topological polar surface area (TPSA) is 103 Å². The highest BCUT2D eigenvalue weighted by atomic mass is 19.1. The Hall–Kier alpha value is -4.21. The molecule has 2 heterocycles. The Morgan fingerprint density at radius 3 is 1.94 bits per heavy atom. The third-order valence-electron chi connectivity index (χ3n) is 5.35. The number of rotatable bonds is 10. The first-order chi connectivity index (χ1) is 16.6. The second-order valence-electron chi connectivity index (χ2n) is 7.32. The molecule has 0 radical (unpaired) electrons. The average Bonchev–Trinajstić information content (AvgIpc) is 3.26. The van der Waals surface area contributed by atoms with Gasteiger partial charge in [0.05, 0.1) is 28.4 Å². The summed E-state index contributed by atoms with van der Waals surface area (Å²) in [6.07, 6.45) is 1.26. The lowest BCUT2D eigenvalue weighted by molar-refractivity contribution is 0.391. The van der Waals surface area contributed by atoms with Crippen molar-refractivity contribution in [3.63, 3.8) is 0 Å². The molecule has 0 fully saturated rings. The number of methoxy groups -OCH3 is 4. The van der Waals surface area contributed by atoms with Gasteiger partial charge in [0, 0.05) is 42.5 Å². The van der Waals surface area contributed by atoms with Crippen LogP contribution in [0.3, 0.4) is 0 Å². The highest BCUT2D eigenvalue weighted by Gasteiger charge is 2.15. The molecule has 0 aliphatic heterocycles. The van der Waals surface area contributed by atoms with Crippen LogP contribution in [0.4, 0.5) is 16.2 Å². The van der Waals surface area contributed by atoms with Crippen LogP contribution in [-0.2, 0) is 13.1 Å². The van der Waals surface area contributed by atoms with E-state index in [0.717, 1.165) is 11.1 Å². The molecule has 178 valence electrons. The number of benzene rings is 2. The van der Waals surface area contributed by atoms with Crippen molar-refractivity contribution in [2.75, 3.05) is 39.1 Å². The fraction of sp³-hybridized carbons (Fsp3) is 0.250. The maximum atomic E-state index is 14.4. The zero-order valence-corrected chi connectivity index (χ0v) is 19.4. The standard InChI is InChI=1S/C24H26FN5O4/c1-31-16-7-5-14(19(9-16)33-3)11-27-23-22-21(18(25)13-26-22)29-24(30-23)28-12-15-6-8-17(32-2)10-20(15)34-4/h5-10,13,26H,11-12H2,1-4H3,(H2,27,28,29,30). The highest BCUT2D eigenvalue weighted by Crippen LogP contribution is 2.29. The van der Waals surface area contributed by atoms with Crippen LogP contribution in [0.15, 0.2) is 42.6 Å². The lowest BCUT2D eigenvalue weighted by Crippen LogP contribution is -2.09. The normalized spacial score (nSPS) is 10.7. The molecule has 0 atom stereocenters. The van der Waals surface area contributed by atoms with Gasteiger partial charge in [0.2, 0.25) is 5.95 Å². The lowest BCUT2D eigenvalue weighted by atomic mass is 10.2. The van der Waals surface area contributed by atoms with E-state index in [1.165, 1.54) is 6.20 Å². The second kappa shape index (κ2) is 10.2. The Bertz CT molecular complexity index is 1290. The first kappa shape index (κ1) is 23.0. The van der Waals surface area contributed by atoms with E-state index in [0.29, 0.717) is 47.4 Å².